The molecule has 0 aromatic heterocycles. The third kappa shape index (κ3) is 2.20. The van der Waals surface area contributed by atoms with E-state index in [-0.39, 0.29) is 29.8 Å². The summed E-state index contributed by atoms with van der Waals surface area (Å²) in [4.78, 5) is 14.4. The molecule has 2 N–H and O–H groups in total. The van der Waals surface area contributed by atoms with Crippen LogP contribution in [-0.4, -0.2) is 36.0 Å². The molecule has 1 amide bonds. The first-order valence-corrected chi connectivity index (χ1v) is 7.77. The van der Waals surface area contributed by atoms with Crippen molar-refractivity contribution < 1.29 is 13.9 Å². The molecule has 1 aliphatic heterocycles. The number of allylic oxidation sites excluding steroid dienone is 1. The third-order valence-electron chi connectivity index (χ3n) is 5.08. The molecule has 4 rings (SSSR count). The van der Waals surface area contributed by atoms with Gasteiger partial charge in [0.2, 0.25) is 5.91 Å². The fourth-order valence-corrected chi connectivity index (χ4v) is 3.82. The molecule has 2 fully saturated rings. The molecule has 1 saturated carbocycles. The van der Waals surface area contributed by atoms with Gasteiger partial charge in [0, 0.05) is 6.04 Å². The first-order valence-electron chi connectivity index (χ1n) is 7.77. The maximum Gasteiger partial charge on any atom is 0.228 e. The van der Waals surface area contributed by atoms with Crippen LogP contribution in [0.2, 0.25) is 0 Å². The van der Waals surface area contributed by atoms with Crippen molar-refractivity contribution in [1.82, 2.24) is 4.90 Å². The second-order valence-electron chi connectivity index (χ2n) is 6.49. The number of fused-ring (bicyclic) bond motifs is 2. The highest BCUT2D eigenvalue weighted by Gasteiger charge is 2.49. The van der Waals surface area contributed by atoms with Gasteiger partial charge >= 0.3 is 0 Å². The number of hydrogen-bond donors (Lipinski definition) is 1. The number of likely N-dealkylation sites (tertiary alicyclic amines) is 1. The number of nitrogens with two attached hydrogens (primary N) is 1. The van der Waals surface area contributed by atoms with Crippen LogP contribution in [0, 0.1) is 23.6 Å². The molecule has 1 aromatic carbocycles. The number of carbonyl (C=O) groups is 1. The van der Waals surface area contributed by atoms with Gasteiger partial charge in [0.1, 0.15) is 17.7 Å². The molecule has 2 aliphatic carbocycles. The molecule has 1 heterocycles. The van der Waals surface area contributed by atoms with E-state index < -0.39 is 0 Å². The third-order valence-corrected chi connectivity index (χ3v) is 5.08. The van der Waals surface area contributed by atoms with Crippen molar-refractivity contribution in [3.05, 3.63) is 42.2 Å². The largest absolute Gasteiger partial charge is 0.487 e. The highest BCUT2D eigenvalue weighted by atomic mass is 19.1. The predicted octanol–water partition coefficient (Wildman–Crippen LogP) is 1.56. The normalized spacial score (nSPS) is 33.1. The molecule has 4 atom stereocenters. The Morgan fingerprint density at radius 3 is 2.50 bits per heavy atom. The summed E-state index contributed by atoms with van der Waals surface area (Å²) in [5.41, 5.74) is 6.19. The highest BCUT2D eigenvalue weighted by molar-refractivity contribution is 5.82. The molecule has 1 aromatic rings. The number of ether oxygens (including phenoxy) is 1. The predicted molar refractivity (Wildman–Crippen MR) is 79.6 cm³/mol. The summed E-state index contributed by atoms with van der Waals surface area (Å²) < 4.78 is 18.6. The van der Waals surface area contributed by atoms with Gasteiger partial charge in [-0.15, -0.1) is 0 Å². The number of amides is 1. The Balaban J connectivity index is 1.32. The van der Waals surface area contributed by atoms with Gasteiger partial charge in [0.25, 0.3) is 0 Å². The molecule has 2 bridgehead atoms. The maximum absolute atomic E-state index is 12.8. The molecule has 0 spiro atoms. The lowest BCUT2D eigenvalue weighted by Gasteiger charge is -2.41. The Morgan fingerprint density at radius 2 is 1.86 bits per heavy atom. The van der Waals surface area contributed by atoms with E-state index in [1.807, 2.05) is 4.90 Å². The lowest BCUT2D eigenvalue weighted by atomic mass is 9.87. The first-order chi connectivity index (χ1) is 10.6. The second kappa shape index (κ2) is 5.09. The molecule has 5 heteroatoms. The van der Waals surface area contributed by atoms with E-state index >= 15 is 0 Å². The van der Waals surface area contributed by atoms with Crippen LogP contribution >= 0.6 is 0 Å². The molecule has 1 saturated heterocycles. The van der Waals surface area contributed by atoms with Gasteiger partial charge in [0.15, 0.2) is 0 Å². The van der Waals surface area contributed by atoms with Crippen molar-refractivity contribution in [3.63, 3.8) is 0 Å². The van der Waals surface area contributed by atoms with Crippen LogP contribution in [0.3, 0.4) is 0 Å². The van der Waals surface area contributed by atoms with E-state index in [4.69, 9.17) is 10.5 Å². The van der Waals surface area contributed by atoms with Crippen molar-refractivity contribution >= 4 is 5.91 Å². The van der Waals surface area contributed by atoms with Gasteiger partial charge in [0.05, 0.1) is 19.0 Å². The van der Waals surface area contributed by atoms with Crippen LogP contribution in [0.15, 0.2) is 36.4 Å². The summed E-state index contributed by atoms with van der Waals surface area (Å²) >= 11 is 0. The maximum atomic E-state index is 12.8. The summed E-state index contributed by atoms with van der Waals surface area (Å²) in [6, 6.07) is 5.92. The number of nitrogens with zero attached hydrogens (tertiary/aromatic N) is 1. The zero-order valence-corrected chi connectivity index (χ0v) is 12.2. The summed E-state index contributed by atoms with van der Waals surface area (Å²) in [7, 11) is 0. The van der Waals surface area contributed by atoms with Gasteiger partial charge < -0.3 is 15.4 Å². The Hall–Kier alpha value is -1.88. The fraction of sp³-hybridized carbons (Fsp3) is 0.471. The topological polar surface area (TPSA) is 55.6 Å². The summed E-state index contributed by atoms with van der Waals surface area (Å²) in [5.74, 6) is 1.12. The molecular weight excluding hydrogens is 283 g/mol. The van der Waals surface area contributed by atoms with Crippen molar-refractivity contribution in [2.45, 2.75) is 18.6 Å². The Morgan fingerprint density at radius 1 is 1.18 bits per heavy atom. The van der Waals surface area contributed by atoms with Gasteiger partial charge in [-0.3, -0.25) is 4.79 Å². The molecule has 4 nitrogen and oxygen atoms in total. The molecular formula is C17H19FN2O2. The zero-order valence-electron chi connectivity index (χ0n) is 12.2. The SMILES string of the molecule is N[C@H]1[C@@H](C(=O)N2CC(Oc3ccc(F)cc3)C2)[C@H]2C=C[C@@H]1C2. The monoisotopic (exact) mass is 302 g/mol. The molecule has 0 radical (unpaired) electrons. The van der Waals surface area contributed by atoms with E-state index in [2.05, 4.69) is 12.2 Å². The fourth-order valence-electron chi connectivity index (χ4n) is 3.82. The van der Waals surface area contributed by atoms with Gasteiger partial charge in [-0.05, 0) is 42.5 Å². The zero-order chi connectivity index (χ0) is 15.3. The number of carbonyl (C=O) groups excluding carboxylic acids is 1. The average Bonchev–Trinajstić information content (AvgIpc) is 3.04. The molecule has 116 valence electrons. The smallest absolute Gasteiger partial charge is 0.228 e. The number of benzene rings is 1. The van der Waals surface area contributed by atoms with E-state index in [0.29, 0.717) is 30.7 Å². The minimum Gasteiger partial charge on any atom is -0.487 e. The Labute approximate surface area is 128 Å². The van der Waals surface area contributed by atoms with Crippen LogP contribution in [0.4, 0.5) is 4.39 Å². The van der Waals surface area contributed by atoms with E-state index in [1.165, 1.54) is 12.1 Å². The molecule has 22 heavy (non-hydrogen) atoms. The average molecular weight is 302 g/mol. The van der Waals surface area contributed by atoms with Crippen LogP contribution in [0.5, 0.6) is 5.75 Å². The van der Waals surface area contributed by atoms with E-state index in [9.17, 15) is 9.18 Å². The minimum atomic E-state index is -0.281. The Kier molecular flexibility index (Phi) is 3.18. The second-order valence-corrected chi connectivity index (χ2v) is 6.49. The lowest BCUT2D eigenvalue weighted by molar-refractivity contribution is -0.145. The minimum absolute atomic E-state index is 0.0141. The molecule has 0 unspecified atom stereocenters. The van der Waals surface area contributed by atoms with Crippen LogP contribution in [0.1, 0.15) is 6.42 Å². The number of halogens is 1. The number of rotatable bonds is 3. The van der Waals surface area contributed by atoms with E-state index in [1.54, 1.807) is 12.1 Å². The highest BCUT2D eigenvalue weighted by Crippen LogP contribution is 2.43. The van der Waals surface area contributed by atoms with Crippen molar-refractivity contribution in [1.29, 1.82) is 0 Å². The van der Waals surface area contributed by atoms with Crippen molar-refractivity contribution in [2.24, 2.45) is 23.5 Å². The van der Waals surface area contributed by atoms with Gasteiger partial charge in [-0.25, -0.2) is 4.39 Å². The van der Waals surface area contributed by atoms with Crippen LogP contribution in [-0.2, 0) is 4.79 Å². The lowest BCUT2D eigenvalue weighted by Crippen LogP contribution is -2.59. The van der Waals surface area contributed by atoms with Crippen molar-refractivity contribution in [2.75, 3.05) is 13.1 Å². The summed E-state index contributed by atoms with van der Waals surface area (Å²) in [6.45, 7) is 1.17. The summed E-state index contributed by atoms with van der Waals surface area (Å²) in [5, 5.41) is 0. The van der Waals surface area contributed by atoms with Crippen LogP contribution < -0.4 is 10.5 Å². The molecule has 3 aliphatic rings. The summed E-state index contributed by atoms with van der Waals surface area (Å²) in [6.07, 6.45) is 5.29. The van der Waals surface area contributed by atoms with E-state index in [0.717, 1.165) is 6.42 Å². The quantitative estimate of drug-likeness (QED) is 0.862. The van der Waals surface area contributed by atoms with Crippen LogP contribution in [0.25, 0.3) is 0 Å². The number of hydrogen-bond acceptors (Lipinski definition) is 3. The Bertz CT molecular complexity index is 610. The van der Waals surface area contributed by atoms with Gasteiger partial charge in [-0.2, -0.15) is 0 Å². The standard InChI is InChI=1S/C17H19FN2O2/c18-12-3-5-13(6-4-12)22-14-8-20(9-14)17(21)15-10-1-2-11(7-10)16(15)19/h1-6,10-11,14-16H,7-9,19H2/t10-,11+,15-,16+/m0/s1. The first kappa shape index (κ1) is 13.8. The van der Waals surface area contributed by atoms with Crippen molar-refractivity contribution in [3.8, 4) is 5.75 Å². The van der Waals surface area contributed by atoms with Gasteiger partial charge in [-0.1, -0.05) is 12.2 Å².